The molecule has 0 bridgehead atoms. The normalized spacial score (nSPS) is 18.4. The van der Waals surface area contributed by atoms with Gasteiger partial charge in [-0.2, -0.15) is 0 Å². The monoisotopic (exact) mass is 353 g/mol. The summed E-state index contributed by atoms with van der Waals surface area (Å²) in [5, 5.41) is 0. The standard InChI is InChI=1S/C20H23N3O3/c24-20(23-7-9-25-10-8-23)17-4-1-5-18(11-17)26-19-14-22(15-19)13-16-3-2-6-21-12-16/h1-6,11-12,19H,7-10,13-15H2. The average Bonchev–Trinajstić information content (AvgIpc) is 2.67. The lowest BCUT2D eigenvalue weighted by molar-refractivity contribution is 0.0143. The van der Waals surface area contributed by atoms with Crippen LogP contribution in [0.4, 0.5) is 0 Å². The first kappa shape index (κ1) is 17.0. The van der Waals surface area contributed by atoms with E-state index in [0.29, 0.717) is 31.9 Å². The Morgan fingerprint density at radius 1 is 1.19 bits per heavy atom. The molecule has 1 aromatic heterocycles. The highest BCUT2D eigenvalue weighted by Gasteiger charge is 2.28. The van der Waals surface area contributed by atoms with Gasteiger partial charge >= 0.3 is 0 Å². The summed E-state index contributed by atoms with van der Waals surface area (Å²) in [6.45, 7) is 5.18. The Bertz CT molecular complexity index is 741. The first-order valence-electron chi connectivity index (χ1n) is 9.03. The Labute approximate surface area is 153 Å². The van der Waals surface area contributed by atoms with Gasteiger partial charge in [0.15, 0.2) is 0 Å². The number of nitrogens with zero attached hydrogens (tertiary/aromatic N) is 3. The van der Waals surface area contributed by atoms with Crippen molar-refractivity contribution in [3.63, 3.8) is 0 Å². The van der Waals surface area contributed by atoms with Gasteiger partial charge in [0.05, 0.1) is 13.2 Å². The van der Waals surface area contributed by atoms with E-state index >= 15 is 0 Å². The summed E-state index contributed by atoms with van der Waals surface area (Å²) in [6.07, 6.45) is 3.85. The fraction of sp³-hybridized carbons (Fsp3) is 0.400. The maximum Gasteiger partial charge on any atom is 0.254 e. The molecule has 2 aromatic rings. The summed E-state index contributed by atoms with van der Waals surface area (Å²) in [5.74, 6) is 0.806. The number of hydrogen-bond donors (Lipinski definition) is 0. The van der Waals surface area contributed by atoms with Gasteiger partial charge in [0.25, 0.3) is 5.91 Å². The number of hydrogen-bond acceptors (Lipinski definition) is 5. The van der Waals surface area contributed by atoms with Crippen molar-refractivity contribution >= 4 is 5.91 Å². The Balaban J connectivity index is 1.30. The number of ether oxygens (including phenoxy) is 2. The Kier molecular flexibility index (Phi) is 5.13. The van der Waals surface area contributed by atoms with E-state index < -0.39 is 0 Å². The minimum absolute atomic E-state index is 0.0468. The molecule has 6 nitrogen and oxygen atoms in total. The number of rotatable bonds is 5. The molecule has 4 rings (SSSR count). The Hall–Kier alpha value is -2.44. The molecule has 2 fully saturated rings. The van der Waals surface area contributed by atoms with Crippen LogP contribution in [0.3, 0.4) is 0 Å². The molecule has 1 aromatic carbocycles. The molecule has 0 radical (unpaired) electrons. The maximum atomic E-state index is 12.6. The molecular formula is C20H23N3O3. The number of carbonyl (C=O) groups excluding carboxylic acids is 1. The molecule has 2 saturated heterocycles. The van der Waals surface area contributed by atoms with Crippen molar-refractivity contribution in [3.05, 3.63) is 59.9 Å². The zero-order chi connectivity index (χ0) is 17.8. The zero-order valence-electron chi connectivity index (χ0n) is 14.7. The van der Waals surface area contributed by atoms with Crippen molar-refractivity contribution in [2.75, 3.05) is 39.4 Å². The number of benzene rings is 1. The predicted octanol–water partition coefficient (Wildman–Crippen LogP) is 1.82. The lowest BCUT2D eigenvalue weighted by Gasteiger charge is -2.39. The molecule has 0 N–H and O–H groups in total. The zero-order valence-corrected chi connectivity index (χ0v) is 14.7. The molecule has 0 aliphatic carbocycles. The quantitative estimate of drug-likeness (QED) is 0.821. The first-order valence-corrected chi connectivity index (χ1v) is 9.03. The molecule has 26 heavy (non-hydrogen) atoms. The molecule has 0 unspecified atom stereocenters. The van der Waals surface area contributed by atoms with Crippen LogP contribution in [0.25, 0.3) is 0 Å². The highest BCUT2D eigenvalue weighted by atomic mass is 16.5. The van der Waals surface area contributed by atoms with Crippen molar-refractivity contribution in [2.24, 2.45) is 0 Å². The number of pyridine rings is 1. The summed E-state index contributed by atoms with van der Waals surface area (Å²) < 4.78 is 11.4. The topological polar surface area (TPSA) is 54.9 Å². The largest absolute Gasteiger partial charge is 0.488 e. The second kappa shape index (κ2) is 7.85. The van der Waals surface area contributed by atoms with Crippen LogP contribution in [0, 0.1) is 0 Å². The Morgan fingerprint density at radius 3 is 2.81 bits per heavy atom. The van der Waals surface area contributed by atoms with Crippen LogP contribution >= 0.6 is 0 Å². The smallest absolute Gasteiger partial charge is 0.254 e. The minimum atomic E-state index is 0.0468. The van der Waals surface area contributed by atoms with E-state index in [2.05, 4.69) is 16.0 Å². The predicted molar refractivity (Wildman–Crippen MR) is 97.1 cm³/mol. The Morgan fingerprint density at radius 2 is 2.04 bits per heavy atom. The average molecular weight is 353 g/mol. The van der Waals surface area contributed by atoms with Crippen molar-refractivity contribution in [1.29, 1.82) is 0 Å². The van der Waals surface area contributed by atoms with E-state index in [4.69, 9.17) is 9.47 Å². The van der Waals surface area contributed by atoms with E-state index in [-0.39, 0.29) is 12.0 Å². The number of morpholine rings is 1. The second-order valence-electron chi connectivity index (χ2n) is 6.73. The van der Waals surface area contributed by atoms with Crippen LogP contribution in [0.15, 0.2) is 48.8 Å². The third kappa shape index (κ3) is 4.03. The van der Waals surface area contributed by atoms with Crippen LogP contribution < -0.4 is 4.74 Å². The van der Waals surface area contributed by atoms with Crippen LogP contribution in [-0.2, 0) is 11.3 Å². The van der Waals surface area contributed by atoms with Crippen LogP contribution in [0.1, 0.15) is 15.9 Å². The van der Waals surface area contributed by atoms with Gasteiger partial charge in [-0.05, 0) is 29.8 Å². The fourth-order valence-corrected chi connectivity index (χ4v) is 3.32. The molecule has 3 heterocycles. The van der Waals surface area contributed by atoms with Gasteiger partial charge in [0.2, 0.25) is 0 Å². The molecular weight excluding hydrogens is 330 g/mol. The summed E-state index contributed by atoms with van der Waals surface area (Å²) in [4.78, 5) is 20.9. The number of aromatic nitrogens is 1. The lowest BCUT2D eigenvalue weighted by atomic mass is 10.1. The van der Waals surface area contributed by atoms with Gasteiger partial charge < -0.3 is 14.4 Å². The van der Waals surface area contributed by atoms with Crippen molar-refractivity contribution < 1.29 is 14.3 Å². The molecule has 136 valence electrons. The van der Waals surface area contributed by atoms with Gasteiger partial charge in [-0.3, -0.25) is 14.7 Å². The lowest BCUT2D eigenvalue weighted by Crippen LogP contribution is -2.53. The molecule has 0 atom stereocenters. The van der Waals surface area contributed by atoms with Crippen LogP contribution in [0.5, 0.6) is 5.75 Å². The highest BCUT2D eigenvalue weighted by Crippen LogP contribution is 2.21. The van der Waals surface area contributed by atoms with Gasteiger partial charge in [0.1, 0.15) is 11.9 Å². The SMILES string of the molecule is O=C(c1cccc(OC2CN(Cc3cccnc3)C2)c1)N1CCOCC1. The minimum Gasteiger partial charge on any atom is -0.488 e. The van der Waals surface area contributed by atoms with Gasteiger partial charge in [-0.15, -0.1) is 0 Å². The third-order valence-corrected chi connectivity index (χ3v) is 4.73. The van der Waals surface area contributed by atoms with E-state index in [1.54, 1.807) is 6.20 Å². The van der Waals surface area contributed by atoms with Gasteiger partial charge in [-0.1, -0.05) is 12.1 Å². The van der Waals surface area contributed by atoms with Crippen molar-refractivity contribution in [3.8, 4) is 5.75 Å². The van der Waals surface area contributed by atoms with Crippen molar-refractivity contribution in [2.45, 2.75) is 12.6 Å². The summed E-state index contributed by atoms with van der Waals surface area (Å²) in [7, 11) is 0. The molecule has 2 aliphatic heterocycles. The second-order valence-corrected chi connectivity index (χ2v) is 6.73. The van der Waals surface area contributed by atoms with E-state index in [1.807, 2.05) is 41.4 Å². The molecule has 2 aliphatic rings. The summed E-state index contributed by atoms with van der Waals surface area (Å²) in [6, 6.07) is 11.5. The molecule has 1 amide bonds. The van der Waals surface area contributed by atoms with Crippen LogP contribution in [-0.4, -0.2) is 66.2 Å². The number of likely N-dealkylation sites (tertiary alicyclic amines) is 1. The fourth-order valence-electron chi connectivity index (χ4n) is 3.32. The summed E-state index contributed by atoms with van der Waals surface area (Å²) in [5.41, 5.74) is 1.89. The number of amides is 1. The number of carbonyl (C=O) groups is 1. The maximum absolute atomic E-state index is 12.6. The molecule has 6 heteroatoms. The first-order chi connectivity index (χ1) is 12.8. The van der Waals surface area contributed by atoms with Gasteiger partial charge in [0, 0.05) is 50.7 Å². The molecule has 0 saturated carbocycles. The van der Waals surface area contributed by atoms with E-state index in [1.165, 1.54) is 5.56 Å². The van der Waals surface area contributed by atoms with Crippen LogP contribution in [0.2, 0.25) is 0 Å². The third-order valence-electron chi connectivity index (χ3n) is 4.73. The van der Waals surface area contributed by atoms with Crippen molar-refractivity contribution in [1.82, 2.24) is 14.8 Å². The van der Waals surface area contributed by atoms with Gasteiger partial charge in [-0.25, -0.2) is 0 Å². The van der Waals surface area contributed by atoms with E-state index in [0.717, 1.165) is 25.4 Å². The summed E-state index contributed by atoms with van der Waals surface area (Å²) >= 11 is 0. The molecule has 0 spiro atoms. The highest BCUT2D eigenvalue weighted by molar-refractivity contribution is 5.94. The van der Waals surface area contributed by atoms with E-state index in [9.17, 15) is 4.79 Å².